The average molecular weight is 645 g/mol. The zero-order valence-electron chi connectivity index (χ0n) is 27.9. The van der Waals surface area contributed by atoms with E-state index in [4.69, 9.17) is 18.9 Å². The van der Waals surface area contributed by atoms with Crippen LogP contribution in [-0.4, -0.2) is 53.6 Å². The van der Waals surface area contributed by atoms with E-state index >= 15 is 0 Å². The first-order valence-electron chi connectivity index (χ1n) is 16.3. The fourth-order valence-corrected chi connectivity index (χ4v) is 8.12. The van der Waals surface area contributed by atoms with Gasteiger partial charge >= 0.3 is 23.9 Å². The van der Waals surface area contributed by atoms with Crippen LogP contribution in [0.5, 0.6) is 0 Å². The predicted molar refractivity (Wildman–Crippen MR) is 172 cm³/mol. The largest absolute Gasteiger partial charge is 0.458 e. The number of Topliss-reactive ketones (excluding diaryl/α,β-unsaturated/α-hetero) is 1. The molecule has 0 aliphatic heterocycles. The fourth-order valence-electron chi connectivity index (χ4n) is 8.12. The molecule has 2 aromatic rings. The molecule has 3 fully saturated rings. The number of carbonyl (C=O) groups excluding carboxylic acids is 5. The summed E-state index contributed by atoms with van der Waals surface area (Å²) in [5.41, 5.74) is -1.13. The number of esters is 4. The van der Waals surface area contributed by atoms with E-state index in [0.717, 1.165) is 0 Å². The van der Waals surface area contributed by atoms with Crippen molar-refractivity contribution in [2.45, 2.75) is 84.7 Å². The number of carbonyl (C=O) groups is 5. The molecule has 9 heteroatoms. The predicted octanol–water partition coefficient (Wildman–Crippen LogP) is 6.15. The van der Waals surface area contributed by atoms with Crippen LogP contribution >= 0.6 is 0 Å². The van der Waals surface area contributed by atoms with Crippen LogP contribution in [0.4, 0.5) is 0 Å². The van der Waals surface area contributed by atoms with Crippen LogP contribution in [0.25, 0.3) is 0 Å². The van der Waals surface area contributed by atoms with Crippen LogP contribution in [-0.2, 0) is 33.3 Å². The van der Waals surface area contributed by atoms with E-state index in [9.17, 15) is 24.0 Å². The molecular weight excluding hydrogens is 600 g/mol. The van der Waals surface area contributed by atoms with Gasteiger partial charge in [0.1, 0.15) is 18.3 Å². The van der Waals surface area contributed by atoms with E-state index in [-0.39, 0.29) is 35.0 Å². The smallest absolute Gasteiger partial charge is 0.338 e. The molecule has 250 valence electrons. The highest BCUT2D eigenvalue weighted by molar-refractivity contribution is 5.93. The number of ether oxygens (including phenoxy) is 4. The van der Waals surface area contributed by atoms with Crippen molar-refractivity contribution in [2.24, 2.45) is 35.0 Å². The molecule has 3 aliphatic rings. The van der Waals surface area contributed by atoms with Crippen molar-refractivity contribution in [1.29, 1.82) is 0 Å². The summed E-state index contributed by atoms with van der Waals surface area (Å²) in [6, 6.07) is 17.0. The number of ketones is 1. The second-order valence-electron chi connectivity index (χ2n) is 14.1. The second-order valence-corrected chi connectivity index (χ2v) is 14.1. The molecule has 2 aromatic carbocycles. The zero-order chi connectivity index (χ0) is 34.3. The Morgan fingerprint density at radius 1 is 0.766 bits per heavy atom. The van der Waals surface area contributed by atoms with Crippen molar-refractivity contribution in [1.82, 2.24) is 0 Å². The van der Waals surface area contributed by atoms with Gasteiger partial charge in [0.2, 0.25) is 0 Å². The lowest BCUT2D eigenvalue weighted by molar-refractivity contribution is -0.183. The van der Waals surface area contributed by atoms with Crippen LogP contribution in [0.2, 0.25) is 0 Å². The number of fused-ring (bicyclic) bond motifs is 2. The van der Waals surface area contributed by atoms with Crippen LogP contribution in [0.1, 0.15) is 81.5 Å². The molecule has 0 aromatic heterocycles. The first-order chi connectivity index (χ1) is 22.2. The number of benzene rings is 2. The Hall–Kier alpha value is -4.27. The van der Waals surface area contributed by atoms with Crippen LogP contribution in [0.15, 0.2) is 72.8 Å². The van der Waals surface area contributed by atoms with Crippen molar-refractivity contribution in [3.05, 3.63) is 83.9 Å². The molecule has 0 saturated heterocycles. The normalized spacial score (nSPS) is 32.9. The quantitative estimate of drug-likeness (QED) is 0.207. The third-order valence-electron chi connectivity index (χ3n) is 10.5. The number of hydrogen-bond donors (Lipinski definition) is 0. The maximum Gasteiger partial charge on any atom is 0.338 e. The lowest BCUT2D eigenvalue weighted by Crippen LogP contribution is -2.56. The Balaban J connectivity index is 1.66. The summed E-state index contributed by atoms with van der Waals surface area (Å²) in [6.45, 7) is 14.7. The Kier molecular flexibility index (Phi) is 9.49. The Morgan fingerprint density at radius 3 is 1.83 bits per heavy atom. The van der Waals surface area contributed by atoms with Gasteiger partial charge in [-0.3, -0.25) is 14.4 Å². The average Bonchev–Trinajstić information content (AvgIpc) is 3.41. The van der Waals surface area contributed by atoms with Crippen LogP contribution < -0.4 is 0 Å². The summed E-state index contributed by atoms with van der Waals surface area (Å²) < 4.78 is 24.4. The van der Waals surface area contributed by atoms with Crippen molar-refractivity contribution < 1.29 is 42.9 Å². The Bertz CT molecular complexity index is 1550. The standard InChI is InChI=1S/C38H44O9/c1-21-18-28-29(37(28,6)7)19-30(45-35(42)26-14-10-8-11-15-26)23(3)33(44-24(4)39)31-32(46-36(43)27-16-12-9-13-17-27)22(2)20-38(31,34(21)41)47-25(5)40/h8-17,21-22,28-33H,3,18-20H2,1-2,4-7H3. The van der Waals surface area contributed by atoms with Gasteiger partial charge in [-0.1, -0.05) is 70.7 Å². The van der Waals surface area contributed by atoms with E-state index in [1.165, 1.54) is 13.8 Å². The van der Waals surface area contributed by atoms with Crippen LogP contribution in [0, 0.1) is 35.0 Å². The molecule has 9 nitrogen and oxygen atoms in total. The lowest BCUT2D eigenvalue weighted by atomic mass is 9.74. The summed E-state index contributed by atoms with van der Waals surface area (Å²) in [5, 5.41) is 0. The summed E-state index contributed by atoms with van der Waals surface area (Å²) in [7, 11) is 0. The topological polar surface area (TPSA) is 122 Å². The molecule has 0 amide bonds. The van der Waals surface area contributed by atoms with E-state index in [1.54, 1.807) is 60.7 Å². The summed E-state index contributed by atoms with van der Waals surface area (Å²) in [5.74, 6) is -4.96. The molecule has 3 saturated carbocycles. The van der Waals surface area contributed by atoms with Crippen molar-refractivity contribution in [3.63, 3.8) is 0 Å². The van der Waals surface area contributed by atoms with Gasteiger partial charge in [0, 0.05) is 31.8 Å². The molecule has 0 N–H and O–H groups in total. The first kappa shape index (κ1) is 34.1. The first-order valence-corrected chi connectivity index (χ1v) is 16.3. The monoisotopic (exact) mass is 644 g/mol. The third-order valence-corrected chi connectivity index (χ3v) is 10.5. The molecule has 0 spiro atoms. The molecule has 3 aliphatic carbocycles. The molecule has 5 rings (SSSR count). The van der Waals surface area contributed by atoms with Gasteiger partial charge in [-0.25, -0.2) is 9.59 Å². The highest BCUT2D eigenvalue weighted by Crippen LogP contribution is 2.64. The molecule has 9 unspecified atom stereocenters. The third kappa shape index (κ3) is 6.62. The maximum absolute atomic E-state index is 14.7. The van der Waals surface area contributed by atoms with E-state index in [0.29, 0.717) is 24.0 Å². The highest BCUT2D eigenvalue weighted by Gasteiger charge is 2.67. The summed E-state index contributed by atoms with van der Waals surface area (Å²) in [6.07, 6.45) is -2.35. The molecule has 47 heavy (non-hydrogen) atoms. The Morgan fingerprint density at radius 2 is 1.30 bits per heavy atom. The van der Waals surface area contributed by atoms with Gasteiger partial charge < -0.3 is 18.9 Å². The van der Waals surface area contributed by atoms with E-state index in [1.807, 2.05) is 13.8 Å². The Labute approximate surface area is 276 Å². The SMILES string of the molecule is C=C1C(OC(=O)c2ccccc2)CC2C(CC(C)C(=O)C3(OC(C)=O)CC(C)C(OC(=O)c4ccccc4)C3C1OC(C)=O)C2(C)C. The van der Waals surface area contributed by atoms with Gasteiger partial charge in [-0.2, -0.15) is 0 Å². The van der Waals surface area contributed by atoms with Gasteiger partial charge in [0.15, 0.2) is 11.4 Å². The van der Waals surface area contributed by atoms with Gasteiger partial charge in [0.05, 0.1) is 17.0 Å². The summed E-state index contributed by atoms with van der Waals surface area (Å²) >= 11 is 0. The van der Waals surface area contributed by atoms with Gasteiger partial charge in [-0.05, 0) is 60.3 Å². The van der Waals surface area contributed by atoms with Crippen molar-refractivity contribution in [2.75, 3.05) is 0 Å². The summed E-state index contributed by atoms with van der Waals surface area (Å²) in [4.78, 5) is 67.4. The molecule has 9 atom stereocenters. The molecular formula is C38H44O9. The molecule has 0 radical (unpaired) electrons. The minimum Gasteiger partial charge on any atom is -0.458 e. The molecule has 0 heterocycles. The maximum atomic E-state index is 14.7. The number of rotatable bonds is 6. The minimum atomic E-state index is -1.82. The minimum absolute atomic E-state index is 0.0319. The van der Waals surface area contributed by atoms with Gasteiger partial charge in [-0.15, -0.1) is 0 Å². The zero-order valence-corrected chi connectivity index (χ0v) is 27.9. The van der Waals surface area contributed by atoms with E-state index in [2.05, 4.69) is 20.4 Å². The van der Waals surface area contributed by atoms with Crippen molar-refractivity contribution in [3.8, 4) is 0 Å². The highest BCUT2D eigenvalue weighted by atomic mass is 16.6. The van der Waals surface area contributed by atoms with Crippen molar-refractivity contribution >= 4 is 29.7 Å². The second kappa shape index (κ2) is 13.1. The van der Waals surface area contributed by atoms with Gasteiger partial charge in [0.25, 0.3) is 0 Å². The number of hydrogen-bond acceptors (Lipinski definition) is 9. The van der Waals surface area contributed by atoms with Crippen LogP contribution in [0.3, 0.4) is 0 Å². The fraction of sp³-hybridized carbons (Fsp3) is 0.500. The molecule has 0 bridgehead atoms. The van der Waals surface area contributed by atoms with E-state index < -0.39 is 65.5 Å². The lowest BCUT2D eigenvalue weighted by Gasteiger charge is -2.41.